The summed E-state index contributed by atoms with van der Waals surface area (Å²) < 4.78 is 65.7. The molecule has 1 rings (SSSR count). The van der Waals surface area contributed by atoms with Gasteiger partial charge in [-0.25, -0.2) is 21.6 Å². The number of hydrogen-bond acceptors (Lipinski definition) is 2. The molecule has 0 N–H and O–H groups in total. The fourth-order valence-electron chi connectivity index (χ4n) is 1.76. The number of hydrogen-bond donors (Lipinski definition) is 0. The quantitative estimate of drug-likeness (QED) is 0.752. The van der Waals surface area contributed by atoms with Gasteiger partial charge in [0.25, 0.3) is 0 Å². The number of sulfonamides is 1. The van der Waals surface area contributed by atoms with Crippen LogP contribution in [0.1, 0.15) is 20.3 Å². The molecule has 0 unspecified atom stereocenters. The molecule has 0 saturated heterocycles. The summed E-state index contributed by atoms with van der Waals surface area (Å²) >= 11 is 5.51. The second-order valence-corrected chi connectivity index (χ2v) is 6.66. The molecule has 0 aliphatic carbocycles. The summed E-state index contributed by atoms with van der Waals surface area (Å²) in [4.78, 5) is -1.14. The van der Waals surface area contributed by atoms with Gasteiger partial charge in [-0.2, -0.15) is 4.31 Å². The highest BCUT2D eigenvalue weighted by Crippen LogP contribution is 2.25. The molecule has 0 atom stereocenters. The van der Waals surface area contributed by atoms with Crippen LogP contribution in [-0.4, -0.2) is 31.2 Å². The normalized spacial score (nSPS) is 12.4. The Morgan fingerprint density at radius 3 is 2.10 bits per heavy atom. The first-order chi connectivity index (χ1) is 9.21. The average molecular weight is 330 g/mol. The molecular formula is C12H15ClF3NO2S. The Morgan fingerprint density at radius 2 is 1.70 bits per heavy atom. The predicted octanol–water partition coefficient (Wildman–Crippen LogP) is 3.13. The Kier molecular flexibility index (Phi) is 5.85. The summed E-state index contributed by atoms with van der Waals surface area (Å²) in [6.07, 6.45) is 0.337. The van der Waals surface area contributed by atoms with E-state index in [4.69, 9.17) is 11.6 Å². The fourth-order valence-corrected chi connectivity index (χ4v) is 3.65. The van der Waals surface area contributed by atoms with Gasteiger partial charge in [-0.15, -0.1) is 11.6 Å². The van der Waals surface area contributed by atoms with Gasteiger partial charge in [0.05, 0.1) is 0 Å². The molecule has 0 aliphatic heterocycles. The highest BCUT2D eigenvalue weighted by molar-refractivity contribution is 7.89. The molecule has 0 amide bonds. The van der Waals surface area contributed by atoms with Crippen molar-refractivity contribution < 1.29 is 21.6 Å². The van der Waals surface area contributed by atoms with Crippen molar-refractivity contribution in [2.75, 3.05) is 12.4 Å². The smallest absolute Gasteiger partial charge is 0.207 e. The van der Waals surface area contributed by atoms with E-state index >= 15 is 0 Å². The lowest BCUT2D eigenvalue weighted by molar-refractivity contribution is 0.349. The topological polar surface area (TPSA) is 37.4 Å². The van der Waals surface area contributed by atoms with Crippen LogP contribution >= 0.6 is 11.6 Å². The van der Waals surface area contributed by atoms with E-state index in [-0.39, 0.29) is 12.4 Å². The maximum Gasteiger partial charge on any atom is 0.249 e. The second-order valence-electron chi connectivity index (χ2n) is 4.45. The fraction of sp³-hybridized carbons (Fsp3) is 0.500. The monoisotopic (exact) mass is 329 g/mol. The van der Waals surface area contributed by atoms with Gasteiger partial charge in [-0.3, -0.25) is 0 Å². The molecule has 114 valence electrons. The van der Waals surface area contributed by atoms with Crippen LogP contribution in [-0.2, 0) is 10.0 Å². The summed E-state index contributed by atoms with van der Waals surface area (Å²) in [5, 5.41) is 0. The SMILES string of the molecule is CC(C)N(CCCCl)S(=O)(=O)c1c(F)cc(F)cc1F. The molecule has 0 radical (unpaired) electrons. The standard InChI is InChI=1S/C12H15ClF3NO2S/c1-8(2)17(5-3-4-13)20(18,19)12-10(15)6-9(14)7-11(12)16/h6-8H,3-5H2,1-2H3. The lowest BCUT2D eigenvalue weighted by atomic mass is 10.3. The molecule has 0 aliphatic rings. The van der Waals surface area contributed by atoms with Crippen molar-refractivity contribution in [3.05, 3.63) is 29.6 Å². The highest BCUT2D eigenvalue weighted by Gasteiger charge is 2.32. The Balaban J connectivity index is 3.34. The van der Waals surface area contributed by atoms with Crippen molar-refractivity contribution in [1.29, 1.82) is 0 Å². The Bertz CT molecular complexity index is 555. The van der Waals surface area contributed by atoms with E-state index in [0.717, 1.165) is 4.31 Å². The lowest BCUT2D eigenvalue weighted by Crippen LogP contribution is -2.38. The van der Waals surface area contributed by atoms with Crippen molar-refractivity contribution in [3.8, 4) is 0 Å². The van der Waals surface area contributed by atoms with Gasteiger partial charge in [-0.1, -0.05) is 0 Å². The summed E-state index contributed by atoms with van der Waals surface area (Å²) in [6.45, 7) is 3.18. The molecule has 0 heterocycles. The summed E-state index contributed by atoms with van der Waals surface area (Å²) in [7, 11) is -4.39. The molecule has 0 spiro atoms. The van der Waals surface area contributed by atoms with Crippen LogP contribution in [0.3, 0.4) is 0 Å². The first kappa shape index (κ1) is 17.3. The van der Waals surface area contributed by atoms with Crippen LogP contribution in [0.15, 0.2) is 17.0 Å². The van der Waals surface area contributed by atoms with E-state index in [1.165, 1.54) is 0 Å². The van der Waals surface area contributed by atoms with Gasteiger partial charge < -0.3 is 0 Å². The maximum atomic E-state index is 13.6. The van der Waals surface area contributed by atoms with E-state index in [0.29, 0.717) is 18.6 Å². The minimum Gasteiger partial charge on any atom is -0.207 e. The van der Waals surface area contributed by atoms with Crippen molar-refractivity contribution >= 4 is 21.6 Å². The zero-order valence-electron chi connectivity index (χ0n) is 11.0. The third-order valence-electron chi connectivity index (χ3n) is 2.62. The van der Waals surface area contributed by atoms with Crippen LogP contribution in [0, 0.1) is 17.5 Å². The van der Waals surface area contributed by atoms with Crippen molar-refractivity contribution in [2.45, 2.75) is 31.2 Å². The number of alkyl halides is 1. The van der Waals surface area contributed by atoms with Gasteiger partial charge in [0.15, 0.2) is 4.90 Å². The van der Waals surface area contributed by atoms with Gasteiger partial charge >= 0.3 is 0 Å². The molecule has 3 nitrogen and oxygen atoms in total. The van der Waals surface area contributed by atoms with Crippen LogP contribution in [0.2, 0.25) is 0 Å². The number of nitrogens with zero attached hydrogens (tertiary/aromatic N) is 1. The van der Waals surface area contributed by atoms with Gasteiger partial charge in [0.2, 0.25) is 10.0 Å². The molecule has 8 heteroatoms. The third kappa shape index (κ3) is 3.65. The largest absolute Gasteiger partial charge is 0.249 e. The van der Waals surface area contributed by atoms with E-state index in [9.17, 15) is 21.6 Å². The molecule has 20 heavy (non-hydrogen) atoms. The second kappa shape index (κ2) is 6.78. The number of benzene rings is 1. The summed E-state index contributed by atoms with van der Waals surface area (Å²) in [5.41, 5.74) is 0. The van der Waals surface area contributed by atoms with Crippen LogP contribution in [0.25, 0.3) is 0 Å². The Hall–Kier alpha value is -0.790. The number of halogens is 4. The van der Waals surface area contributed by atoms with Gasteiger partial charge in [-0.05, 0) is 20.3 Å². The molecule has 1 aromatic carbocycles. The van der Waals surface area contributed by atoms with Gasteiger partial charge in [0.1, 0.15) is 17.5 Å². The average Bonchev–Trinajstić information content (AvgIpc) is 2.26. The minimum absolute atomic E-state index is 0.0275. The van der Waals surface area contributed by atoms with Crippen molar-refractivity contribution in [1.82, 2.24) is 4.31 Å². The Morgan fingerprint density at radius 1 is 1.20 bits per heavy atom. The number of rotatable bonds is 6. The van der Waals surface area contributed by atoms with Crippen LogP contribution < -0.4 is 0 Å². The van der Waals surface area contributed by atoms with Crippen molar-refractivity contribution in [2.24, 2.45) is 0 Å². The van der Waals surface area contributed by atoms with Crippen LogP contribution in [0.5, 0.6) is 0 Å². The molecule has 0 saturated carbocycles. The third-order valence-corrected chi connectivity index (χ3v) is 5.01. The molecule has 0 aromatic heterocycles. The molecule has 0 fully saturated rings. The van der Waals surface area contributed by atoms with Crippen molar-refractivity contribution in [3.63, 3.8) is 0 Å². The Labute approximate surface area is 121 Å². The zero-order valence-corrected chi connectivity index (χ0v) is 12.6. The molecular weight excluding hydrogens is 315 g/mol. The van der Waals surface area contributed by atoms with E-state index in [2.05, 4.69) is 0 Å². The maximum absolute atomic E-state index is 13.6. The zero-order chi connectivity index (χ0) is 15.5. The minimum atomic E-state index is -4.39. The predicted molar refractivity (Wildman–Crippen MR) is 70.7 cm³/mol. The first-order valence-electron chi connectivity index (χ1n) is 5.94. The highest BCUT2D eigenvalue weighted by atomic mass is 35.5. The first-order valence-corrected chi connectivity index (χ1v) is 7.91. The van der Waals surface area contributed by atoms with Gasteiger partial charge in [0, 0.05) is 30.6 Å². The lowest BCUT2D eigenvalue weighted by Gasteiger charge is -2.26. The summed E-state index contributed by atoms with van der Waals surface area (Å²) in [6, 6.07) is 0.179. The molecule has 0 bridgehead atoms. The van der Waals surface area contributed by atoms with Crippen LogP contribution in [0.4, 0.5) is 13.2 Å². The summed E-state index contributed by atoms with van der Waals surface area (Å²) in [5.74, 6) is -3.85. The van der Waals surface area contributed by atoms with E-state index < -0.39 is 38.4 Å². The molecule has 1 aromatic rings. The van der Waals surface area contributed by atoms with E-state index in [1.807, 2.05) is 0 Å². The van der Waals surface area contributed by atoms with E-state index in [1.54, 1.807) is 13.8 Å².